The Bertz CT molecular complexity index is 565. The molecule has 21 heavy (non-hydrogen) atoms. The van der Waals surface area contributed by atoms with Crippen LogP contribution in [0.25, 0.3) is 0 Å². The maximum Gasteiger partial charge on any atom is 0.136 e. The molecule has 114 valence electrons. The van der Waals surface area contributed by atoms with Crippen molar-refractivity contribution in [2.45, 2.75) is 38.0 Å². The molecule has 0 fully saturated rings. The molecule has 1 N–H and O–H groups in total. The van der Waals surface area contributed by atoms with Crippen molar-refractivity contribution in [2.75, 3.05) is 0 Å². The predicted molar refractivity (Wildman–Crippen MR) is 95.9 cm³/mol. The van der Waals surface area contributed by atoms with Crippen LogP contribution in [0.2, 0.25) is 0 Å². The highest BCUT2D eigenvalue weighted by Crippen LogP contribution is 2.30. The van der Waals surface area contributed by atoms with E-state index < -0.39 is 11.4 Å². The van der Waals surface area contributed by atoms with Crippen LogP contribution in [0.3, 0.4) is 0 Å². The standard InChI is InChI=1S/C16H20BrNOS2/c1-16(2,3)21(19)18-14(15-10-13(17)11-20-15)9-12-7-5-4-6-8-12/h4-8,10-11,14,18H,9H2,1-3H3/t14?,21-/m0/s1. The smallest absolute Gasteiger partial charge is 0.136 e. The minimum Gasteiger partial charge on any atom is -0.598 e. The van der Waals surface area contributed by atoms with Gasteiger partial charge in [0, 0.05) is 26.1 Å². The molecule has 0 radical (unpaired) electrons. The van der Waals surface area contributed by atoms with Crippen LogP contribution in [0.5, 0.6) is 0 Å². The highest BCUT2D eigenvalue weighted by molar-refractivity contribution is 9.10. The molecule has 0 spiro atoms. The Morgan fingerprint density at radius 2 is 1.95 bits per heavy atom. The van der Waals surface area contributed by atoms with Crippen LogP contribution in [-0.2, 0) is 17.8 Å². The highest BCUT2D eigenvalue weighted by atomic mass is 79.9. The molecule has 5 heteroatoms. The van der Waals surface area contributed by atoms with Gasteiger partial charge >= 0.3 is 0 Å². The first-order valence-electron chi connectivity index (χ1n) is 6.82. The third-order valence-electron chi connectivity index (χ3n) is 3.02. The van der Waals surface area contributed by atoms with Crippen molar-refractivity contribution in [1.29, 1.82) is 0 Å². The number of hydrogen-bond acceptors (Lipinski definition) is 3. The fourth-order valence-electron chi connectivity index (χ4n) is 1.87. The van der Waals surface area contributed by atoms with Gasteiger partial charge in [-0.3, -0.25) is 0 Å². The number of benzene rings is 1. The minimum absolute atomic E-state index is 0.0590. The quantitative estimate of drug-likeness (QED) is 0.746. The van der Waals surface area contributed by atoms with Crippen LogP contribution in [0.4, 0.5) is 0 Å². The van der Waals surface area contributed by atoms with E-state index >= 15 is 0 Å². The lowest BCUT2D eigenvalue weighted by molar-refractivity contribution is 0.524. The third-order valence-corrected chi connectivity index (χ3v) is 6.44. The van der Waals surface area contributed by atoms with E-state index in [4.69, 9.17) is 0 Å². The van der Waals surface area contributed by atoms with E-state index in [1.165, 1.54) is 10.4 Å². The Balaban J connectivity index is 2.18. The van der Waals surface area contributed by atoms with Crippen molar-refractivity contribution in [3.8, 4) is 0 Å². The molecule has 0 aliphatic rings. The monoisotopic (exact) mass is 385 g/mol. The Hall–Kier alpha value is -0.330. The average molecular weight is 386 g/mol. The fraction of sp³-hybridized carbons (Fsp3) is 0.375. The van der Waals surface area contributed by atoms with E-state index in [2.05, 4.69) is 44.2 Å². The van der Waals surface area contributed by atoms with Crippen molar-refractivity contribution in [2.24, 2.45) is 0 Å². The lowest BCUT2D eigenvalue weighted by Crippen LogP contribution is -2.41. The third kappa shape index (κ3) is 5.11. The van der Waals surface area contributed by atoms with Crippen LogP contribution >= 0.6 is 27.3 Å². The summed E-state index contributed by atoms with van der Waals surface area (Å²) >= 11 is 4.09. The van der Waals surface area contributed by atoms with Gasteiger partial charge in [-0.05, 0) is 54.8 Å². The molecule has 1 unspecified atom stereocenters. The van der Waals surface area contributed by atoms with E-state index in [-0.39, 0.29) is 10.8 Å². The van der Waals surface area contributed by atoms with Gasteiger partial charge in [-0.25, -0.2) is 0 Å². The first-order chi connectivity index (χ1) is 9.86. The fourth-order valence-corrected chi connectivity index (χ4v) is 4.26. The minimum atomic E-state index is -1.09. The molecular formula is C16H20BrNOS2. The molecule has 1 heterocycles. The molecule has 1 aromatic carbocycles. The SMILES string of the molecule is CC(C)(C)[S@+]([O-])NC(Cc1ccccc1)c1cc(Br)cs1. The molecule has 2 atom stereocenters. The second-order valence-electron chi connectivity index (χ2n) is 5.91. The van der Waals surface area contributed by atoms with Crippen LogP contribution in [0.1, 0.15) is 37.3 Å². The zero-order chi connectivity index (χ0) is 15.5. The molecule has 2 rings (SSSR count). The molecular weight excluding hydrogens is 366 g/mol. The number of thiophene rings is 1. The largest absolute Gasteiger partial charge is 0.598 e. The average Bonchev–Trinajstić information content (AvgIpc) is 2.84. The van der Waals surface area contributed by atoms with E-state index in [9.17, 15) is 4.55 Å². The normalized spacial score (nSPS) is 14.9. The summed E-state index contributed by atoms with van der Waals surface area (Å²) < 4.78 is 16.5. The van der Waals surface area contributed by atoms with Crippen molar-refractivity contribution in [3.63, 3.8) is 0 Å². The Morgan fingerprint density at radius 3 is 2.48 bits per heavy atom. The van der Waals surface area contributed by atoms with Gasteiger partial charge in [0.15, 0.2) is 0 Å². The lowest BCUT2D eigenvalue weighted by atomic mass is 10.1. The summed E-state index contributed by atoms with van der Waals surface area (Å²) in [5, 5.41) is 2.06. The first kappa shape index (κ1) is 17.0. The summed E-state index contributed by atoms with van der Waals surface area (Å²) in [7, 11) is 0. The van der Waals surface area contributed by atoms with Crippen LogP contribution < -0.4 is 4.72 Å². The Labute approximate surface area is 142 Å². The molecule has 2 nitrogen and oxygen atoms in total. The van der Waals surface area contributed by atoms with Gasteiger partial charge in [0.05, 0.1) is 6.04 Å². The number of nitrogens with one attached hydrogen (secondary N) is 1. The molecule has 0 saturated carbocycles. The van der Waals surface area contributed by atoms with Gasteiger partial charge in [-0.1, -0.05) is 30.3 Å². The second-order valence-corrected chi connectivity index (χ2v) is 9.76. The zero-order valence-electron chi connectivity index (χ0n) is 12.4. The van der Waals surface area contributed by atoms with Crippen molar-refractivity contribution in [1.82, 2.24) is 4.72 Å². The topological polar surface area (TPSA) is 35.1 Å². The van der Waals surface area contributed by atoms with E-state index in [1.807, 2.05) is 39.0 Å². The van der Waals surface area contributed by atoms with Gasteiger partial charge in [0.2, 0.25) is 0 Å². The second kappa shape index (κ2) is 7.29. The van der Waals surface area contributed by atoms with Crippen molar-refractivity contribution >= 4 is 38.6 Å². The summed E-state index contributed by atoms with van der Waals surface area (Å²) in [5.74, 6) is 0. The maximum absolute atomic E-state index is 12.4. The van der Waals surface area contributed by atoms with Gasteiger partial charge in [-0.15, -0.1) is 16.1 Å². The van der Waals surface area contributed by atoms with Gasteiger partial charge < -0.3 is 4.55 Å². The lowest BCUT2D eigenvalue weighted by Gasteiger charge is -2.27. The van der Waals surface area contributed by atoms with Crippen LogP contribution in [0.15, 0.2) is 46.3 Å². The van der Waals surface area contributed by atoms with E-state index in [0.717, 1.165) is 10.9 Å². The maximum atomic E-state index is 12.4. The van der Waals surface area contributed by atoms with Crippen LogP contribution in [0, 0.1) is 0 Å². The highest BCUT2D eigenvalue weighted by Gasteiger charge is 2.30. The van der Waals surface area contributed by atoms with Crippen LogP contribution in [-0.4, -0.2) is 9.30 Å². The van der Waals surface area contributed by atoms with Gasteiger partial charge in [-0.2, -0.15) is 0 Å². The summed E-state index contributed by atoms with van der Waals surface area (Å²) in [6.45, 7) is 5.96. The summed E-state index contributed by atoms with van der Waals surface area (Å²) in [5.41, 5.74) is 1.24. The van der Waals surface area contributed by atoms with Crippen molar-refractivity contribution in [3.05, 3.63) is 56.7 Å². The van der Waals surface area contributed by atoms with E-state index in [1.54, 1.807) is 11.3 Å². The molecule has 0 aliphatic carbocycles. The summed E-state index contributed by atoms with van der Waals surface area (Å²) in [6.07, 6.45) is 0.829. The zero-order valence-corrected chi connectivity index (χ0v) is 15.6. The molecule has 2 aromatic rings. The number of rotatable bonds is 5. The van der Waals surface area contributed by atoms with Crippen molar-refractivity contribution < 1.29 is 4.55 Å². The first-order valence-corrected chi connectivity index (χ1v) is 9.64. The molecule has 1 aromatic heterocycles. The molecule has 0 amide bonds. The summed E-state index contributed by atoms with van der Waals surface area (Å²) in [6, 6.07) is 12.5. The number of hydrogen-bond donors (Lipinski definition) is 1. The molecule has 0 bridgehead atoms. The van der Waals surface area contributed by atoms with Gasteiger partial charge in [0.1, 0.15) is 4.75 Å². The molecule has 0 aliphatic heterocycles. The Kier molecular flexibility index (Phi) is 5.91. The van der Waals surface area contributed by atoms with E-state index in [0.29, 0.717) is 0 Å². The summed E-state index contributed by atoms with van der Waals surface area (Å²) in [4.78, 5) is 1.20. The molecule has 0 saturated heterocycles. The number of halogens is 1. The van der Waals surface area contributed by atoms with Gasteiger partial charge in [0.25, 0.3) is 0 Å². The Morgan fingerprint density at radius 1 is 1.29 bits per heavy atom. The predicted octanol–water partition coefficient (Wildman–Crippen LogP) is 4.85.